The number of hydrogen-bond donors (Lipinski definition) is 2. The molecule has 0 aromatic rings. The van der Waals surface area contributed by atoms with E-state index in [4.69, 9.17) is 15.9 Å². The highest BCUT2D eigenvalue weighted by Gasteiger charge is 2.43. The highest BCUT2D eigenvalue weighted by molar-refractivity contribution is 5.80. The monoisotopic (exact) mass is 253 g/mol. The Labute approximate surface area is 98.4 Å². The van der Waals surface area contributed by atoms with E-state index in [0.717, 1.165) is 6.42 Å². The van der Waals surface area contributed by atoms with Crippen LogP contribution in [0.4, 0.5) is 13.2 Å². The van der Waals surface area contributed by atoms with Crippen molar-refractivity contribution in [1.29, 1.82) is 5.41 Å². The van der Waals surface area contributed by atoms with Crippen molar-refractivity contribution in [3.63, 3.8) is 0 Å². The Balaban J connectivity index is 2.50. The van der Waals surface area contributed by atoms with Gasteiger partial charge in [0.2, 0.25) is 0 Å². The molecule has 7 heteroatoms. The quantitative estimate of drug-likeness (QED) is 0.569. The number of nitrogens with zero attached hydrogens (tertiary/aromatic N) is 1. The van der Waals surface area contributed by atoms with Crippen molar-refractivity contribution in [3.8, 4) is 0 Å². The number of nitrogens with two attached hydrogens (primary N) is 1. The molecular formula is C10H18F3N3O. The molecule has 1 aliphatic rings. The molecule has 100 valence electrons. The van der Waals surface area contributed by atoms with Gasteiger partial charge < -0.3 is 15.4 Å². The molecular weight excluding hydrogens is 235 g/mol. The van der Waals surface area contributed by atoms with Crippen LogP contribution in [0.15, 0.2) is 0 Å². The summed E-state index contributed by atoms with van der Waals surface area (Å²) in [7, 11) is 1.58. The number of alkyl halides is 3. The highest BCUT2D eigenvalue weighted by atomic mass is 19.4. The number of ether oxygens (including phenoxy) is 1. The fourth-order valence-corrected chi connectivity index (χ4v) is 2.09. The molecule has 0 aromatic carbocycles. The molecule has 0 aromatic heterocycles. The molecule has 1 rings (SSSR count). The minimum absolute atomic E-state index is 0.223. The summed E-state index contributed by atoms with van der Waals surface area (Å²) >= 11 is 0. The van der Waals surface area contributed by atoms with Gasteiger partial charge in [-0.15, -0.1) is 0 Å². The molecule has 17 heavy (non-hydrogen) atoms. The molecule has 0 aliphatic carbocycles. The molecule has 1 aliphatic heterocycles. The van der Waals surface area contributed by atoms with Crippen LogP contribution in [0, 0.1) is 17.2 Å². The van der Waals surface area contributed by atoms with E-state index in [1.807, 2.05) is 0 Å². The van der Waals surface area contributed by atoms with Crippen LogP contribution in [0.5, 0.6) is 0 Å². The number of likely N-dealkylation sites (tertiary alicyclic amines) is 1. The van der Waals surface area contributed by atoms with Gasteiger partial charge in [0.1, 0.15) is 11.8 Å². The lowest BCUT2D eigenvalue weighted by molar-refractivity contribution is -0.159. The van der Waals surface area contributed by atoms with Gasteiger partial charge in [-0.05, 0) is 18.9 Å². The van der Waals surface area contributed by atoms with Crippen LogP contribution in [0.3, 0.4) is 0 Å². The Morgan fingerprint density at radius 2 is 2.24 bits per heavy atom. The summed E-state index contributed by atoms with van der Waals surface area (Å²) in [5, 5.41) is 7.01. The first-order valence-electron chi connectivity index (χ1n) is 5.46. The van der Waals surface area contributed by atoms with Crippen LogP contribution < -0.4 is 5.73 Å². The first-order chi connectivity index (χ1) is 7.84. The van der Waals surface area contributed by atoms with E-state index < -0.39 is 17.9 Å². The van der Waals surface area contributed by atoms with E-state index in [-0.39, 0.29) is 12.5 Å². The van der Waals surface area contributed by atoms with Crippen molar-refractivity contribution in [1.82, 2.24) is 4.90 Å². The van der Waals surface area contributed by atoms with Gasteiger partial charge in [-0.1, -0.05) is 0 Å². The molecule has 0 spiro atoms. The van der Waals surface area contributed by atoms with E-state index in [0.29, 0.717) is 19.7 Å². The van der Waals surface area contributed by atoms with Crippen LogP contribution in [0.1, 0.15) is 6.42 Å². The topological polar surface area (TPSA) is 62.3 Å². The van der Waals surface area contributed by atoms with Gasteiger partial charge in [0.05, 0.1) is 6.61 Å². The second-order valence-electron chi connectivity index (χ2n) is 4.42. The normalized spacial score (nSPS) is 23.9. The van der Waals surface area contributed by atoms with Gasteiger partial charge in [0.15, 0.2) is 0 Å². The number of halogens is 3. The van der Waals surface area contributed by atoms with Crippen molar-refractivity contribution in [2.45, 2.75) is 12.6 Å². The lowest BCUT2D eigenvalue weighted by Gasteiger charge is -2.24. The van der Waals surface area contributed by atoms with E-state index in [9.17, 15) is 13.2 Å². The maximum Gasteiger partial charge on any atom is 0.399 e. The average molecular weight is 253 g/mol. The smallest absolute Gasteiger partial charge is 0.387 e. The summed E-state index contributed by atoms with van der Waals surface area (Å²) in [5.41, 5.74) is 5.01. The van der Waals surface area contributed by atoms with Crippen LogP contribution in [0.25, 0.3) is 0 Å². The summed E-state index contributed by atoms with van der Waals surface area (Å²) in [4.78, 5) is 1.70. The molecule has 0 saturated carbocycles. The maximum absolute atomic E-state index is 12.6. The zero-order chi connectivity index (χ0) is 13.1. The molecule has 1 fully saturated rings. The minimum Gasteiger partial charge on any atom is -0.387 e. The Bertz CT molecular complexity index is 270. The standard InChI is InChI=1S/C10H18F3N3O/c1-17-6-7-2-3-16(4-7)5-8(9(14)15)10(11,12)13/h7-8H,2-6H2,1H3,(H3,14,15). The van der Waals surface area contributed by atoms with Crippen molar-refractivity contribution in [2.75, 3.05) is 33.4 Å². The average Bonchev–Trinajstić information content (AvgIpc) is 2.60. The molecule has 0 bridgehead atoms. The Morgan fingerprint density at radius 3 is 2.71 bits per heavy atom. The molecule has 4 nitrogen and oxygen atoms in total. The van der Waals surface area contributed by atoms with Crippen LogP contribution in [0.2, 0.25) is 0 Å². The fraction of sp³-hybridized carbons (Fsp3) is 0.900. The first-order valence-corrected chi connectivity index (χ1v) is 5.46. The van der Waals surface area contributed by atoms with Gasteiger partial charge in [-0.25, -0.2) is 0 Å². The van der Waals surface area contributed by atoms with Crippen LogP contribution in [-0.4, -0.2) is 50.3 Å². The van der Waals surface area contributed by atoms with E-state index in [2.05, 4.69) is 0 Å². The van der Waals surface area contributed by atoms with Gasteiger partial charge in [-0.3, -0.25) is 5.41 Å². The zero-order valence-corrected chi connectivity index (χ0v) is 9.76. The summed E-state index contributed by atoms with van der Waals surface area (Å²) in [6, 6.07) is 0. The van der Waals surface area contributed by atoms with Crippen molar-refractivity contribution in [2.24, 2.45) is 17.6 Å². The Morgan fingerprint density at radius 1 is 1.59 bits per heavy atom. The van der Waals surface area contributed by atoms with Gasteiger partial charge in [-0.2, -0.15) is 13.2 Å². The number of amidine groups is 1. The highest BCUT2D eigenvalue weighted by Crippen LogP contribution is 2.28. The van der Waals surface area contributed by atoms with Crippen LogP contribution >= 0.6 is 0 Å². The third kappa shape index (κ3) is 4.16. The van der Waals surface area contributed by atoms with Gasteiger partial charge in [0.25, 0.3) is 0 Å². The van der Waals surface area contributed by atoms with Crippen molar-refractivity contribution >= 4 is 5.84 Å². The molecule has 2 atom stereocenters. The zero-order valence-electron chi connectivity index (χ0n) is 9.76. The first kappa shape index (κ1) is 14.2. The third-order valence-corrected chi connectivity index (χ3v) is 2.98. The predicted molar refractivity (Wildman–Crippen MR) is 57.9 cm³/mol. The third-order valence-electron chi connectivity index (χ3n) is 2.98. The minimum atomic E-state index is -4.44. The molecule has 0 amide bonds. The Hall–Kier alpha value is -0.820. The van der Waals surface area contributed by atoms with Gasteiger partial charge in [0, 0.05) is 20.2 Å². The lowest BCUT2D eigenvalue weighted by Crippen LogP contribution is -2.43. The van der Waals surface area contributed by atoms with Crippen molar-refractivity contribution < 1.29 is 17.9 Å². The fourth-order valence-electron chi connectivity index (χ4n) is 2.09. The molecule has 1 heterocycles. The number of nitrogens with one attached hydrogen (secondary N) is 1. The summed E-state index contributed by atoms with van der Waals surface area (Å²) in [6.07, 6.45) is -3.61. The number of rotatable bonds is 5. The summed E-state index contributed by atoms with van der Waals surface area (Å²) < 4.78 is 42.8. The molecule has 2 unspecified atom stereocenters. The second kappa shape index (κ2) is 5.68. The predicted octanol–water partition coefficient (Wildman–Crippen LogP) is 1.07. The van der Waals surface area contributed by atoms with E-state index in [1.165, 1.54) is 0 Å². The largest absolute Gasteiger partial charge is 0.399 e. The molecule has 0 radical (unpaired) electrons. The Kier molecular flexibility index (Phi) is 4.76. The van der Waals surface area contributed by atoms with E-state index >= 15 is 0 Å². The SMILES string of the molecule is COCC1CCN(CC(C(=N)N)C(F)(F)F)C1. The van der Waals surface area contributed by atoms with Crippen molar-refractivity contribution in [3.05, 3.63) is 0 Å². The number of hydrogen-bond acceptors (Lipinski definition) is 3. The number of methoxy groups -OCH3 is 1. The maximum atomic E-state index is 12.6. The molecule has 1 saturated heterocycles. The van der Waals surface area contributed by atoms with Crippen LogP contribution in [-0.2, 0) is 4.74 Å². The lowest BCUT2D eigenvalue weighted by atomic mass is 10.1. The second-order valence-corrected chi connectivity index (χ2v) is 4.42. The molecule has 3 N–H and O–H groups in total. The summed E-state index contributed by atoms with van der Waals surface area (Å²) in [5.74, 6) is -2.39. The summed E-state index contributed by atoms with van der Waals surface area (Å²) in [6.45, 7) is 1.52. The van der Waals surface area contributed by atoms with Gasteiger partial charge >= 0.3 is 6.18 Å². The van der Waals surface area contributed by atoms with E-state index in [1.54, 1.807) is 12.0 Å².